The standard InChI is InChI=1S/C19H22N4O2/c1-25-15-7-5-13(6-8-15)11-16-19-14(9-10-20)3-2-4-17(19)23(22-16)12-18(21)24/h5-8,14H,2-4,9,11-12H2,1H3,(H2,21,24). The molecule has 1 unspecified atom stereocenters. The molecule has 130 valence electrons. The van der Waals surface area contributed by atoms with Gasteiger partial charge < -0.3 is 10.5 Å². The van der Waals surface area contributed by atoms with E-state index in [1.165, 1.54) is 0 Å². The van der Waals surface area contributed by atoms with Crippen molar-refractivity contribution in [1.29, 1.82) is 5.26 Å². The van der Waals surface area contributed by atoms with E-state index in [-0.39, 0.29) is 12.5 Å². The van der Waals surface area contributed by atoms with Crippen molar-refractivity contribution in [3.63, 3.8) is 0 Å². The van der Waals surface area contributed by atoms with Crippen LogP contribution in [-0.4, -0.2) is 22.8 Å². The lowest BCUT2D eigenvalue weighted by Crippen LogP contribution is -2.22. The van der Waals surface area contributed by atoms with Gasteiger partial charge in [-0.15, -0.1) is 0 Å². The van der Waals surface area contributed by atoms with Crippen molar-refractivity contribution in [3.8, 4) is 11.8 Å². The van der Waals surface area contributed by atoms with E-state index in [0.29, 0.717) is 12.8 Å². The Bertz CT molecular complexity index is 802. The van der Waals surface area contributed by atoms with E-state index in [1.54, 1.807) is 11.8 Å². The van der Waals surface area contributed by atoms with Crippen LogP contribution >= 0.6 is 0 Å². The van der Waals surface area contributed by atoms with Gasteiger partial charge in [0.25, 0.3) is 0 Å². The summed E-state index contributed by atoms with van der Waals surface area (Å²) >= 11 is 0. The third kappa shape index (κ3) is 3.66. The SMILES string of the molecule is COc1ccc(Cc2nn(CC(N)=O)c3c2C(CC#N)CCC3)cc1. The number of amides is 1. The Morgan fingerprint density at radius 1 is 1.44 bits per heavy atom. The first-order chi connectivity index (χ1) is 12.1. The molecule has 1 aromatic carbocycles. The highest BCUT2D eigenvalue weighted by Crippen LogP contribution is 2.37. The fraction of sp³-hybridized carbons (Fsp3) is 0.421. The molecular formula is C19H22N4O2. The number of nitrogens with two attached hydrogens (primary N) is 1. The lowest BCUT2D eigenvalue weighted by molar-refractivity contribution is -0.118. The summed E-state index contributed by atoms with van der Waals surface area (Å²) in [4.78, 5) is 11.4. The molecule has 0 fully saturated rings. The van der Waals surface area contributed by atoms with Gasteiger partial charge in [0.1, 0.15) is 12.3 Å². The molecule has 1 aliphatic carbocycles. The number of ether oxygens (including phenoxy) is 1. The Morgan fingerprint density at radius 2 is 2.20 bits per heavy atom. The van der Waals surface area contributed by atoms with Gasteiger partial charge in [0.05, 0.1) is 18.9 Å². The molecule has 1 atom stereocenters. The van der Waals surface area contributed by atoms with Crippen LogP contribution in [0.4, 0.5) is 0 Å². The van der Waals surface area contributed by atoms with E-state index in [2.05, 4.69) is 11.2 Å². The van der Waals surface area contributed by atoms with E-state index >= 15 is 0 Å². The number of carbonyl (C=O) groups is 1. The fourth-order valence-electron chi connectivity index (χ4n) is 3.62. The first-order valence-corrected chi connectivity index (χ1v) is 8.49. The lowest BCUT2D eigenvalue weighted by atomic mass is 9.82. The van der Waals surface area contributed by atoms with Gasteiger partial charge in [0.2, 0.25) is 5.91 Å². The molecule has 0 bridgehead atoms. The summed E-state index contributed by atoms with van der Waals surface area (Å²) in [6.45, 7) is 0.0875. The van der Waals surface area contributed by atoms with Gasteiger partial charge in [0, 0.05) is 30.0 Å². The first-order valence-electron chi connectivity index (χ1n) is 8.49. The summed E-state index contributed by atoms with van der Waals surface area (Å²) in [5, 5.41) is 13.8. The van der Waals surface area contributed by atoms with Gasteiger partial charge in [-0.2, -0.15) is 10.4 Å². The van der Waals surface area contributed by atoms with Gasteiger partial charge in [-0.3, -0.25) is 9.48 Å². The molecule has 1 heterocycles. The number of rotatable bonds is 6. The number of hydrogen-bond donors (Lipinski definition) is 1. The average molecular weight is 338 g/mol. The summed E-state index contributed by atoms with van der Waals surface area (Å²) in [5.41, 5.74) is 9.65. The topological polar surface area (TPSA) is 93.9 Å². The number of aromatic nitrogens is 2. The molecule has 0 spiro atoms. The number of benzene rings is 1. The second-order valence-corrected chi connectivity index (χ2v) is 6.41. The van der Waals surface area contributed by atoms with Gasteiger partial charge >= 0.3 is 0 Å². The normalized spacial score (nSPS) is 16.1. The molecule has 0 radical (unpaired) electrons. The van der Waals surface area contributed by atoms with Crippen LogP contribution in [0, 0.1) is 11.3 Å². The van der Waals surface area contributed by atoms with Crippen molar-refractivity contribution in [1.82, 2.24) is 9.78 Å². The Labute approximate surface area is 147 Å². The van der Waals surface area contributed by atoms with Crippen LogP contribution < -0.4 is 10.5 Å². The van der Waals surface area contributed by atoms with Gasteiger partial charge in [-0.05, 0) is 37.0 Å². The molecular weight excluding hydrogens is 316 g/mol. The summed E-state index contributed by atoms with van der Waals surface area (Å²) in [6.07, 6.45) is 4.01. The minimum Gasteiger partial charge on any atom is -0.497 e. The maximum absolute atomic E-state index is 11.4. The fourth-order valence-corrected chi connectivity index (χ4v) is 3.62. The molecule has 6 heteroatoms. The molecule has 1 amide bonds. The van der Waals surface area contributed by atoms with Crippen molar-refractivity contribution in [3.05, 3.63) is 46.8 Å². The molecule has 2 N–H and O–H groups in total. The predicted molar refractivity (Wildman–Crippen MR) is 93.1 cm³/mol. The summed E-state index contributed by atoms with van der Waals surface area (Å²) in [6, 6.07) is 10.2. The molecule has 0 aliphatic heterocycles. The zero-order valence-corrected chi connectivity index (χ0v) is 14.4. The van der Waals surface area contributed by atoms with E-state index in [9.17, 15) is 4.79 Å². The predicted octanol–water partition coefficient (Wildman–Crippen LogP) is 2.30. The minimum absolute atomic E-state index is 0.0875. The third-order valence-electron chi connectivity index (χ3n) is 4.72. The number of carbonyl (C=O) groups excluding carboxylic acids is 1. The van der Waals surface area contributed by atoms with Crippen LogP contribution in [-0.2, 0) is 24.2 Å². The zero-order chi connectivity index (χ0) is 17.8. The van der Waals surface area contributed by atoms with Crippen molar-refractivity contribution in [2.24, 2.45) is 5.73 Å². The summed E-state index contributed by atoms with van der Waals surface area (Å²) < 4.78 is 6.94. The zero-order valence-electron chi connectivity index (χ0n) is 14.4. The summed E-state index contributed by atoms with van der Waals surface area (Å²) in [7, 11) is 1.64. The smallest absolute Gasteiger partial charge is 0.239 e. The van der Waals surface area contributed by atoms with Crippen LogP contribution in [0.5, 0.6) is 5.75 Å². The van der Waals surface area contributed by atoms with E-state index in [0.717, 1.165) is 47.5 Å². The Hall–Kier alpha value is -2.81. The summed E-state index contributed by atoms with van der Waals surface area (Å²) in [5.74, 6) is 0.597. The Morgan fingerprint density at radius 3 is 2.84 bits per heavy atom. The molecule has 0 saturated heterocycles. The lowest BCUT2D eigenvalue weighted by Gasteiger charge is -2.22. The van der Waals surface area contributed by atoms with Crippen LogP contribution in [0.1, 0.15) is 47.7 Å². The molecule has 1 aliphatic rings. The second-order valence-electron chi connectivity index (χ2n) is 6.41. The van der Waals surface area contributed by atoms with Gasteiger partial charge in [-0.25, -0.2) is 0 Å². The molecule has 25 heavy (non-hydrogen) atoms. The second kappa shape index (κ2) is 7.39. The molecule has 6 nitrogen and oxygen atoms in total. The van der Waals surface area contributed by atoms with E-state index in [4.69, 9.17) is 15.7 Å². The van der Waals surface area contributed by atoms with Crippen LogP contribution in [0.3, 0.4) is 0 Å². The highest BCUT2D eigenvalue weighted by Gasteiger charge is 2.28. The quantitative estimate of drug-likeness (QED) is 0.874. The van der Waals surface area contributed by atoms with E-state index in [1.807, 2.05) is 24.3 Å². The Balaban J connectivity index is 1.97. The highest BCUT2D eigenvalue weighted by molar-refractivity contribution is 5.73. The van der Waals surface area contributed by atoms with Crippen LogP contribution in [0.15, 0.2) is 24.3 Å². The molecule has 1 aromatic heterocycles. The maximum Gasteiger partial charge on any atom is 0.239 e. The average Bonchev–Trinajstić information content (AvgIpc) is 2.94. The number of primary amides is 1. The van der Waals surface area contributed by atoms with Crippen LogP contribution in [0.2, 0.25) is 0 Å². The number of nitriles is 1. The number of fused-ring (bicyclic) bond motifs is 1. The van der Waals surface area contributed by atoms with Crippen LogP contribution in [0.25, 0.3) is 0 Å². The first kappa shape index (κ1) is 17.0. The van der Waals surface area contributed by atoms with Crippen molar-refractivity contribution >= 4 is 5.91 Å². The number of nitrogens with zero attached hydrogens (tertiary/aromatic N) is 3. The number of methoxy groups -OCH3 is 1. The highest BCUT2D eigenvalue weighted by atomic mass is 16.5. The van der Waals surface area contributed by atoms with Gasteiger partial charge in [-0.1, -0.05) is 12.1 Å². The minimum atomic E-state index is -0.399. The Kier molecular flexibility index (Phi) is 5.03. The molecule has 2 aromatic rings. The monoisotopic (exact) mass is 338 g/mol. The van der Waals surface area contributed by atoms with Crippen molar-refractivity contribution in [2.75, 3.05) is 7.11 Å². The molecule has 0 saturated carbocycles. The third-order valence-corrected chi connectivity index (χ3v) is 4.72. The maximum atomic E-state index is 11.4. The van der Waals surface area contributed by atoms with Crippen molar-refractivity contribution in [2.45, 2.75) is 44.6 Å². The largest absolute Gasteiger partial charge is 0.497 e. The number of hydrogen-bond acceptors (Lipinski definition) is 4. The molecule has 3 rings (SSSR count). The van der Waals surface area contributed by atoms with Gasteiger partial charge in [0.15, 0.2) is 0 Å². The van der Waals surface area contributed by atoms with Crippen molar-refractivity contribution < 1.29 is 9.53 Å². The van der Waals surface area contributed by atoms with E-state index < -0.39 is 5.91 Å².